The number of hydrogen-bond acceptors (Lipinski definition) is 7. The molecule has 0 saturated carbocycles. The molecule has 0 spiro atoms. The molecule has 0 amide bonds. The second kappa shape index (κ2) is 4.83. The number of carbonyl (C=O) groups excluding carboxylic acids is 2. The van der Waals surface area contributed by atoms with Crippen LogP contribution in [0.15, 0.2) is 36.4 Å². The molecule has 0 aliphatic heterocycles. The first-order chi connectivity index (χ1) is 12.8. The molecule has 4 unspecified atom stereocenters. The quantitative estimate of drug-likeness (QED) is 0.464. The maximum absolute atomic E-state index is 12.5. The van der Waals surface area contributed by atoms with E-state index in [-0.39, 0.29) is 33.8 Å². The largest absolute Gasteiger partial charge is 0.507 e. The molecule has 5 N–H and O–H groups in total. The Morgan fingerprint density at radius 3 is 2.22 bits per heavy atom. The number of carbonyl (C=O) groups is 2. The molecule has 0 heterocycles. The lowest BCUT2D eigenvalue weighted by Crippen LogP contribution is -2.53. The minimum atomic E-state index is -1.95. The van der Waals surface area contributed by atoms with Crippen LogP contribution in [0.4, 0.5) is 0 Å². The van der Waals surface area contributed by atoms with Gasteiger partial charge >= 0.3 is 0 Å². The smallest absolute Gasteiger partial charge is 0.197 e. The second-order valence-electron chi connectivity index (χ2n) is 7.10. The summed E-state index contributed by atoms with van der Waals surface area (Å²) in [6, 6.07) is 5.64. The van der Waals surface area contributed by atoms with Gasteiger partial charge in [0, 0.05) is 5.56 Å². The zero-order valence-corrected chi connectivity index (χ0v) is 13.7. The summed E-state index contributed by atoms with van der Waals surface area (Å²) in [7, 11) is 0. The third-order valence-corrected chi connectivity index (χ3v) is 5.80. The van der Waals surface area contributed by atoms with E-state index in [2.05, 4.69) is 0 Å². The van der Waals surface area contributed by atoms with Gasteiger partial charge in [-0.3, -0.25) is 9.59 Å². The number of aliphatic hydroxyl groups is 3. The first-order valence-electron chi connectivity index (χ1n) is 8.36. The Morgan fingerprint density at radius 2 is 1.52 bits per heavy atom. The lowest BCUT2D eigenvalue weighted by atomic mass is 9.59. The molecule has 3 aliphatic carbocycles. The number of phenols is 2. The molecule has 3 aliphatic rings. The number of fused-ring (bicyclic) bond motifs is 2. The highest BCUT2D eigenvalue weighted by atomic mass is 16.3. The van der Waals surface area contributed by atoms with E-state index >= 15 is 0 Å². The topological polar surface area (TPSA) is 135 Å². The van der Waals surface area contributed by atoms with Crippen molar-refractivity contribution in [2.24, 2.45) is 0 Å². The van der Waals surface area contributed by atoms with Crippen molar-refractivity contribution in [2.45, 2.75) is 23.7 Å². The third-order valence-electron chi connectivity index (χ3n) is 5.80. The van der Waals surface area contributed by atoms with E-state index < -0.39 is 35.3 Å². The fraction of sp³-hybridized carbons (Fsp3) is 0.200. The number of Topliss-reactive ketones (excluding diaryl/α,β-unsaturated/α-hetero) is 1. The van der Waals surface area contributed by atoms with Crippen LogP contribution in [0.25, 0.3) is 11.1 Å². The van der Waals surface area contributed by atoms with Gasteiger partial charge in [-0.25, -0.2) is 0 Å². The fourth-order valence-corrected chi connectivity index (χ4v) is 4.67. The Balaban J connectivity index is 2.00. The Morgan fingerprint density at radius 1 is 0.889 bits per heavy atom. The number of allylic oxidation sites excluding steroid dienone is 1. The van der Waals surface area contributed by atoms with Gasteiger partial charge in [0.05, 0.1) is 23.1 Å². The van der Waals surface area contributed by atoms with E-state index in [0.717, 1.165) is 6.08 Å². The van der Waals surface area contributed by atoms with E-state index in [9.17, 15) is 35.1 Å². The van der Waals surface area contributed by atoms with E-state index in [1.54, 1.807) is 0 Å². The molecule has 7 nitrogen and oxygen atoms in total. The summed E-state index contributed by atoms with van der Waals surface area (Å²) in [6.07, 6.45) is -1.22. The minimum absolute atomic E-state index is 0.0867. The summed E-state index contributed by atoms with van der Waals surface area (Å²) in [5.74, 6) is -3.23. The standard InChI is InChI=1S/C20H14O7/c21-9-4-2-8-7-1-3-10(22)14-12(7)16(18(25)19(26)17(14)24)20(27)6-5-11(23)13(9)15(8)20/h1-6,16,18-19,21-22,25-27H. The van der Waals surface area contributed by atoms with Crippen molar-refractivity contribution >= 4 is 11.6 Å². The molecule has 0 bridgehead atoms. The lowest BCUT2D eigenvalue weighted by molar-refractivity contribution is -0.0549. The summed E-state index contributed by atoms with van der Waals surface area (Å²) >= 11 is 0. The van der Waals surface area contributed by atoms with Crippen molar-refractivity contribution in [2.75, 3.05) is 0 Å². The van der Waals surface area contributed by atoms with Crippen molar-refractivity contribution < 1.29 is 35.1 Å². The summed E-state index contributed by atoms with van der Waals surface area (Å²) in [5.41, 5.74) is -1.02. The average Bonchev–Trinajstić information content (AvgIpc) is 2.63. The SMILES string of the molecule is O=C1C=CC2(O)c3c(ccc(O)c31)-c1ccc(O)c3c1C2C(O)C(O)C3=O. The Hall–Kier alpha value is -3.00. The maximum Gasteiger partial charge on any atom is 0.197 e. The maximum atomic E-state index is 12.5. The molecule has 0 fully saturated rings. The van der Waals surface area contributed by atoms with Crippen molar-refractivity contribution in [1.29, 1.82) is 0 Å². The summed E-state index contributed by atoms with van der Waals surface area (Å²) in [6.45, 7) is 0. The van der Waals surface area contributed by atoms with Gasteiger partial charge in [0.1, 0.15) is 23.2 Å². The molecule has 4 atom stereocenters. The van der Waals surface area contributed by atoms with Crippen LogP contribution in [0.1, 0.15) is 37.8 Å². The highest BCUT2D eigenvalue weighted by Crippen LogP contribution is 2.58. The normalized spacial score (nSPS) is 30.1. The number of rotatable bonds is 0. The number of hydrogen-bond donors (Lipinski definition) is 5. The van der Waals surface area contributed by atoms with Crippen molar-refractivity contribution in [3.8, 4) is 22.6 Å². The van der Waals surface area contributed by atoms with Crippen LogP contribution >= 0.6 is 0 Å². The third kappa shape index (κ3) is 1.71. The van der Waals surface area contributed by atoms with Gasteiger partial charge in [-0.05, 0) is 41.0 Å². The van der Waals surface area contributed by atoms with Crippen LogP contribution in [-0.4, -0.2) is 49.3 Å². The molecule has 0 saturated heterocycles. The molecular weight excluding hydrogens is 352 g/mol. The predicted molar refractivity (Wildman–Crippen MR) is 91.7 cm³/mol. The van der Waals surface area contributed by atoms with Gasteiger partial charge in [0.2, 0.25) is 0 Å². The van der Waals surface area contributed by atoms with Crippen LogP contribution in [0, 0.1) is 0 Å². The van der Waals surface area contributed by atoms with Crippen molar-refractivity contribution in [3.63, 3.8) is 0 Å². The fourth-order valence-electron chi connectivity index (χ4n) is 4.67. The number of aromatic hydroxyl groups is 2. The van der Waals surface area contributed by atoms with E-state index in [1.165, 1.54) is 30.3 Å². The second-order valence-corrected chi connectivity index (χ2v) is 7.10. The van der Waals surface area contributed by atoms with E-state index in [1.807, 2.05) is 0 Å². The van der Waals surface area contributed by atoms with Crippen LogP contribution in [0.3, 0.4) is 0 Å². The van der Waals surface area contributed by atoms with Crippen LogP contribution in [-0.2, 0) is 5.60 Å². The summed E-state index contributed by atoms with van der Waals surface area (Å²) < 4.78 is 0. The van der Waals surface area contributed by atoms with Crippen LogP contribution < -0.4 is 0 Å². The molecule has 27 heavy (non-hydrogen) atoms. The average molecular weight is 366 g/mol. The Labute approximate surface area is 152 Å². The molecule has 5 rings (SSSR count). The van der Waals surface area contributed by atoms with E-state index in [0.29, 0.717) is 11.1 Å². The van der Waals surface area contributed by atoms with Crippen molar-refractivity contribution in [1.82, 2.24) is 0 Å². The summed E-state index contributed by atoms with van der Waals surface area (Å²) in [5, 5.41) is 52.9. The molecule has 136 valence electrons. The monoisotopic (exact) mass is 366 g/mol. The molecule has 2 aromatic rings. The molecule has 7 heteroatoms. The van der Waals surface area contributed by atoms with Gasteiger partial charge in [-0.1, -0.05) is 12.1 Å². The number of benzene rings is 2. The minimum Gasteiger partial charge on any atom is -0.507 e. The zero-order chi connectivity index (χ0) is 19.2. The Kier molecular flexibility index (Phi) is 2.90. The molecule has 0 aromatic heterocycles. The van der Waals surface area contributed by atoms with Crippen LogP contribution in [0.5, 0.6) is 11.5 Å². The van der Waals surface area contributed by atoms with Crippen LogP contribution in [0.2, 0.25) is 0 Å². The molecule has 2 aromatic carbocycles. The number of phenolic OH excluding ortho intramolecular Hbond substituents is 2. The van der Waals surface area contributed by atoms with Gasteiger partial charge < -0.3 is 25.5 Å². The lowest BCUT2D eigenvalue weighted by Gasteiger charge is -2.48. The van der Waals surface area contributed by atoms with Gasteiger partial charge in [0.15, 0.2) is 11.6 Å². The Bertz CT molecular complexity index is 1100. The highest BCUT2D eigenvalue weighted by Gasteiger charge is 2.57. The van der Waals surface area contributed by atoms with Gasteiger partial charge in [0.25, 0.3) is 0 Å². The first kappa shape index (κ1) is 16.2. The number of aliphatic hydroxyl groups excluding tert-OH is 2. The van der Waals surface area contributed by atoms with Gasteiger partial charge in [-0.15, -0.1) is 0 Å². The predicted octanol–water partition coefficient (Wildman–Crippen LogP) is 0.720. The van der Waals surface area contributed by atoms with E-state index in [4.69, 9.17) is 0 Å². The van der Waals surface area contributed by atoms with Crippen molar-refractivity contribution in [3.05, 3.63) is 58.7 Å². The molecule has 0 radical (unpaired) electrons. The highest BCUT2D eigenvalue weighted by molar-refractivity contribution is 6.12. The first-order valence-corrected chi connectivity index (χ1v) is 8.36. The summed E-state index contributed by atoms with van der Waals surface area (Å²) in [4.78, 5) is 24.9. The van der Waals surface area contributed by atoms with Gasteiger partial charge in [-0.2, -0.15) is 0 Å². The number of ketones is 2. The molecular formula is C20H14O7. The zero-order valence-electron chi connectivity index (χ0n) is 13.7.